The maximum Gasteiger partial charge on any atom is 0.255 e. The second-order valence-corrected chi connectivity index (χ2v) is 21.2. The Kier molecular flexibility index (Phi) is 20.4. The molecule has 1 saturated carbocycles. The van der Waals surface area contributed by atoms with Crippen LogP contribution >= 0.6 is 27.3 Å². The smallest absolute Gasteiger partial charge is 0.255 e. The van der Waals surface area contributed by atoms with Gasteiger partial charge in [0.1, 0.15) is 42.6 Å². The van der Waals surface area contributed by atoms with E-state index in [-0.39, 0.29) is 48.6 Å². The maximum absolute atomic E-state index is 14.2. The minimum absolute atomic E-state index is 0.142. The van der Waals surface area contributed by atoms with Gasteiger partial charge in [-0.05, 0) is 108 Å². The molecule has 0 bridgehead atoms. The number of likely N-dealkylation sites (tertiary alicyclic amines) is 1. The highest BCUT2D eigenvalue weighted by atomic mass is 79.9. The molecule has 8 rings (SSSR count). The van der Waals surface area contributed by atoms with Gasteiger partial charge in [0.05, 0.1) is 60.2 Å². The quantitative estimate of drug-likeness (QED) is 0.0387. The highest BCUT2D eigenvalue weighted by Crippen LogP contribution is 2.34. The molecule has 4 heterocycles. The number of carbonyl (C=O) groups excluding carboxylic acids is 4. The molecular formula is C56H70BrN9O9S. The van der Waals surface area contributed by atoms with Gasteiger partial charge in [0.2, 0.25) is 23.7 Å². The third kappa shape index (κ3) is 14.8. The van der Waals surface area contributed by atoms with E-state index in [0.29, 0.717) is 114 Å². The van der Waals surface area contributed by atoms with Crippen LogP contribution in [0, 0.1) is 18.8 Å². The van der Waals surface area contributed by atoms with Crippen molar-refractivity contribution in [2.75, 3.05) is 90.2 Å². The van der Waals surface area contributed by atoms with Gasteiger partial charge in [0.25, 0.3) is 5.91 Å². The second-order valence-electron chi connectivity index (χ2n) is 19.5. The van der Waals surface area contributed by atoms with E-state index < -0.39 is 12.1 Å². The van der Waals surface area contributed by atoms with Crippen molar-refractivity contribution in [3.05, 3.63) is 105 Å². The summed E-state index contributed by atoms with van der Waals surface area (Å²) in [6.45, 7) is 11.2. The summed E-state index contributed by atoms with van der Waals surface area (Å²) < 4.78 is 30.1. The number of hydrogen-bond donors (Lipinski definition) is 3. The molecular weight excluding hydrogens is 1050 g/mol. The molecule has 3 aromatic carbocycles. The Morgan fingerprint density at radius 2 is 1.61 bits per heavy atom. The van der Waals surface area contributed by atoms with Gasteiger partial charge in [-0.15, -0.1) is 11.3 Å². The third-order valence-corrected chi connectivity index (χ3v) is 15.4. The van der Waals surface area contributed by atoms with Crippen LogP contribution in [0.25, 0.3) is 10.4 Å². The maximum atomic E-state index is 14.2. The minimum atomic E-state index is -0.678. The van der Waals surface area contributed by atoms with Crippen molar-refractivity contribution in [2.24, 2.45) is 11.8 Å². The van der Waals surface area contributed by atoms with E-state index in [1.54, 1.807) is 33.4 Å². The van der Waals surface area contributed by atoms with Gasteiger partial charge in [-0.25, -0.2) is 9.97 Å². The zero-order valence-corrected chi connectivity index (χ0v) is 46.3. The molecule has 2 aromatic heterocycles. The molecule has 1 aliphatic carbocycles. The van der Waals surface area contributed by atoms with Crippen LogP contribution < -0.4 is 25.4 Å². The number of aromatic nitrogens is 3. The van der Waals surface area contributed by atoms with Crippen LogP contribution in [0.5, 0.6) is 11.5 Å². The molecule has 5 aromatic rings. The van der Waals surface area contributed by atoms with Crippen molar-refractivity contribution in [1.29, 1.82) is 0 Å². The predicted molar refractivity (Wildman–Crippen MR) is 295 cm³/mol. The molecule has 2 fully saturated rings. The first-order chi connectivity index (χ1) is 36.9. The summed E-state index contributed by atoms with van der Waals surface area (Å²) in [4.78, 5) is 73.6. The Morgan fingerprint density at radius 3 is 2.29 bits per heavy atom. The molecule has 20 heteroatoms. The Morgan fingerprint density at radius 1 is 0.882 bits per heavy atom. The van der Waals surface area contributed by atoms with Crippen LogP contribution in [0.15, 0.2) is 82.9 Å². The van der Waals surface area contributed by atoms with Gasteiger partial charge >= 0.3 is 0 Å². The first-order valence-corrected chi connectivity index (χ1v) is 28.0. The van der Waals surface area contributed by atoms with Crippen molar-refractivity contribution in [3.8, 4) is 21.9 Å². The summed E-state index contributed by atoms with van der Waals surface area (Å²) in [5, 5.41) is 9.67. The molecule has 76 heavy (non-hydrogen) atoms. The lowest BCUT2D eigenvalue weighted by Crippen LogP contribution is -2.55. The van der Waals surface area contributed by atoms with Crippen molar-refractivity contribution < 1.29 is 42.9 Å². The standard InChI is InChI=1S/C56H70BrN9O9S/c1-37(2)49(66-35-42-10-5-6-13-45(42)54(66)69)55(70)65-23-8-14-47(65)52(67)59-33-41-16-15-40(50-38(3)61-36-76-50)32-48(41)75-31-29-73-27-25-71-24-26-72-28-30-74-44-19-17-43(18-20-44)62-56-60-34-46(57)51(63-56)58-21-9-22-64(4)53(68)39-11-7-12-39/h5-6,10,13,15-20,32,34,36-37,39,47,49H,7-9,11-12,14,21-31,33,35H2,1-4H3,(H,59,67)(H2,58,60,62,63)/t47-,49?/m0/s1. The molecule has 0 spiro atoms. The predicted octanol–water partition coefficient (Wildman–Crippen LogP) is 8.27. The van der Waals surface area contributed by atoms with E-state index in [1.165, 1.54) is 0 Å². The van der Waals surface area contributed by atoms with E-state index in [0.717, 1.165) is 63.1 Å². The van der Waals surface area contributed by atoms with E-state index >= 15 is 0 Å². The summed E-state index contributed by atoms with van der Waals surface area (Å²) in [6, 6.07) is 19.6. The van der Waals surface area contributed by atoms with Crippen molar-refractivity contribution in [2.45, 2.75) is 84.5 Å². The third-order valence-electron chi connectivity index (χ3n) is 13.8. The number of fused-ring (bicyclic) bond motifs is 1. The van der Waals surface area contributed by atoms with Crippen molar-refractivity contribution in [1.82, 2.24) is 35.0 Å². The molecule has 406 valence electrons. The number of anilines is 3. The monoisotopic (exact) mass is 1120 g/mol. The molecule has 2 aliphatic heterocycles. The van der Waals surface area contributed by atoms with Crippen molar-refractivity contribution in [3.63, 3.8) is 0 Å². The summed E-state index contributed by atoms with van der Waals surface area (Å²) in [7, 11) is 1.88. The summed E-state index contributed by atoms with van der Waals surface area (Å²) in [5.41, 5.74) is 6.83. The largest absolute Gasteiger partial charge is 0.491 e. The lowest BCUT2D eigenvalue weighted by atomic mass is 9.84. The number of carbonyl (C=O) groups is 4. The Labute approximate surface area is 457 Å². The Bertz CT molecular complexity index is 2740. The number of ether oxygens (including phenoxy) is 5. The number of nitrogens with zero attached hydrogens (tertiary/aromatic N) is 6. The van der Waals surface area contributed by atoms with Crippen LogP contribution in [0.2, 0.25) is 0 Å². The van der Waals surface area contributed by atoms with E-state index in [9.17, 15) is 19.2 Å². The zero-order valence-electron chi connectivity index (χ0n) is 43.9. The first-order valence-electron chi connectivity index (χ1n) is 26.3. The number of rotatable bonds is 29. The SMILES string of the molecule is Cc1ncsc1-c1ccc(CNC(=O)[C@@H]2CCCN2C(=O)C(C(C)C)N2Cc3ccccc3C2=O)c(OCCOCCOCCOCCOc2ccc(Nc3ncc(Br)c(NCCCN(C)C(=O)C4CCC4)n3)cc2)c1. The average Bonchev–Trinajstić information content (AvgIpc) is 4.16. The van der Waals surface area contributed by atoms with Crippen LogP contribution in [0.4, 0.5) is 17.5 Å². The molecule has 1 unspecified atom stereocenters. The number of thiazole rings is 1. The molecule has 1 saturated heterocycles. The van der Waals surface area contributed by atoms with Gasteiger partial charge in [-0.3, -0.25) is 19.2 Å². The van der Waals surface area contributed by atoms with Crippen LogP contribution in [-0.2, 0) is 41.7 Å². The van der Waals surface area contributed by atoms with Gasteiger partial charge in [0, 0.05) is 68.7 Å². The lowest BCUT2D eigenvalue weighted by molar-refractivity contribution is -0.143. The van der Waals surface area contributed by atoms with E-state index in [4.69, 9.17) is 23.7 Å². The Balaban J connectivity index is 0.701. The van der Waals surface area contributed by atoms with Crippen LogP contribution in [-0.4, -0.2) is 145 Å². The number of halogens is 1. The molecule has 2 atom stereocenters. The van der Waals surface area contributed by atoms with Crippen LogP contribution in [0.3, 0.4) is 0 Å². The molecule has 4 amide bonds. The Hall–Kier alpha value is -6.19. The molecule has 3 aliphatic rings. The average molecular weight is 1130 g/mol. The number of nitrogens with one attached hydrogen (secondary N) is 3. The van der Waals surface area contributed by atoms with E-state index in [2.05, 4.69) is 46.8 Å². The summed E-state index contributed by atoms with van der Waals surface area (Å²) in [6.07, 6.45) is 6.92. The highest BCUT2D eigenvalue weighted by Gasteiger charge is 2.44. The second kappa shape index (κ2) is 27.7. The molecule has 0 radical (unpaired) electrons. The topological polar surface area (TPSA) is 199 Å². The van der Waals surface area contributed by atoms with Crippen LogP contribution in [0.1, 0.15) is 79.6 Å². The minimum Gasteiger partial charge on any atom is -0.491 e. The number of amides is 4. The van der Waals surface area contributed by atoms with Gasteiger partial charge < -0.3 is 54.3 Å². The summed E-state index contributed by atoms with van der Waals surface area (Å²) >= 11 is 5.08. The number of hydrogen-bond acceptors (Lipinski definition) is 15. The fraction of sp³-hybridized carbons (Fsp3) is 0.482. The normalized spacial score (nSPS) is 15.6. The van der Waals surface area contributed by atoms with Gasteiger partial charge in [0.15, 0.2) is 0 Å². The van der Waals surface area contributed by atoms with Gasteiger partial charge in [-0.2, -0.15) is 4.98 Å². The number of benzene rings is 3. The fourth-order valence-electron chi connectivity index (χ4n) is 9.49. The van der Waals surface area contributed by atoms with Gasteiger partial charge in [-0.1, -0.05) is 50.6 Å². The molecule has 18 nitrogen and oxygen atoms in total. The fourth-order valence-corrected chi connectivity index (χ4v) is 10.6. The zero-order chi connectivity index (χ0) is 53.4. The summed E-state index contributed by atoms with van der Waals surface area (Å²) in [5.74, 6) is 2.19. The highest BCUT2D eigenvalue weighted by molar-refractivity contribution is 9.10. The first kappa shape index (κ1) is 56.0. The van der Waals surface area contributed by atoms with Crippen molar-refractivity contribution >= 4 is 68.3 Å². The molecule has 3 N–H and O–H groups in total. The lowest BCUT2D eigenvalue weighted by Gasteiger charge is -2.35. The van der Waals surface area contributed by atoms with E-state index in [1.807, 2.05) is 98.9 Å². The number of aryl methyl sites for hydroxylation is 1.